The molecule has 0 saturated heterocycles. The van der Waals surface area contributed by atoms with Crippen LogP contribution in [0.25, 0.3) is 11.1 Å². The summed E-state index contributed by atoms with van der Waals surface area (Å²) in [5.41, 5.74) is 1.33. The molecule has 0 heterocycles. The van der Waals surface area contributed by atoms with Gasteiger partial charge in [0, 0.05) is 0 Å². The average molecular weight is 475 g/mol. The van der Waals surface area contributed by atoms with Crippen LogP contribution in [0.1, 0.15) is 101 Å². The van der Waals surface area contributed by atoms with Gasteiger partial charge in [-0.05, 0) is 84.6 Å². The summed E-state index contributed by atoms with van der Waals surface area (Å²) in [6.45, 7) is 2.27. The summed E-state index contributed by atoms with van der Waals surface area (Å²) in [5.74, 6) is 2.00. The molecule has 2 saturated carbocycles. The molecule has 4 heteroatoms. The van der Waals surface area contributed by atoms with Gasteiger partial charge >= 0.3 is 6.18 Å². The quantitative estimate of drug-likeness (QED) is 0.264. The predicted molar refractivity (Wildman–Crippen MR) is 131 cm³/mol. The standard InChI is InChI=1S/C30H38F4/c1-2-3-4-5-6-7-21-8-9-26-19-25(15-14-24(26)18-21)22-10-12-23(13-11-22)27-16-17-28(29(31)20-27)30(32,33)34/h10-13,16-17,20-21,24-26H,2-9,14-15,18-19H2,1H3/t21?,24-,25-,26-/m1/s1. The van der Waals surface area contributed by atoms with E-state index in [0.717, 1.165) is 35.4 Å². The molecule has 2 aromatic rings. The number of unbranched alkanes of at least 4 members (excludes halogenated alkanes) is 4. The molecular formula is C30H38F4. The zero-order chi connectivity index (χ0) is 24.1. The van der Waals surface area contributed by atoms with E-state index >= 15 is 0 Å². The van der Waals surface area contributed by atoms with E-state index in [9.17, 15) is 17.6 Å². The van der Waals surface area contributed by atoms with Crippen LogP contribution in [0.15, 0.2) is 42.5 Å². The highest BCUT2D eigenvalue weighted by Gasteiger charge is 2.36. The minimum atomic E-state index is -4.67. The second kappa shape index (κ2) is 11.3. The van der Waals surface area contributed by atoms with Crippen molar-refractivity contribution in [2.24, 2.45) is 17.8 Å². The zero-order valence-corrected chi connectivity index (χ0v) is 20.3. The normalized spacial score (nSPS) is 25.2. The third kappa shape index (κ3) is 6.23. The fourth-order valence-electron chi connectivity index (χ4n) is 6.46. The summed E-state index contributed by atoms with van der Waals surface area (Å²) in [5, 5.41) is 0. The minimum absolute atomic E-state index is 0.480. The number of hydrogen-bond donors (Lipinski definition) is 0. The van der Waals surface area contributed by atoms with Crippen LogP contribution in [0.2, 0.25) is 0 Å². The highest BCUT2D eigenvalue weighted by molar-refractivity contribution is 5.64. The summed E-state index contributed by atoms with van der Waals surface area (Å²) in [4.78, 5) is 0. The molecule has 2 aliphatic carbocycles. The Labute approximate surface area is 202 Å². The van der Waals surface area contributed by atoms with Gasteiger partial charge in [0.1, 0.15) is 5.82 Å². The highest BCUT2D eigenvalue weighted by atomic mass is 19.4. The van der Waals surface area contributed by atoms with Crippen LogP contribution in [0, 0.1) is 23.6 Å². The molecule has 0 bridgehead atoms. The molecule has 2 fully saturated rings. The van der Waals surface area contributed by atoms with Crippen molar-refractivity contribution < 1.29 is 17.6 Å². The van der Waals surface area contributed by atoms with Crippen LogP contribution in [0.3, 0.4) is 0 Å². The molecular weight excluding hydrogens is 436 g/mol. The highest BCUT2D eigenvalue weighted by Crippen LogP contribution is 2.48. The van der Waals surface area contributed by atoms with Gasteiger partial charge in [-0.2, -0.15) is 13.2 Å². The maximum atomic E-state index is 14.0. The number of alkyl halides is 3. The second-order valence-corrected chi connectivity index (χ2v) is 10.7. The van der Waals surface area contributed by atoms with Crippen LogP contribution in [0.5, 0.6) is 0 Å². The van der Waals surface area contributed by atoms with E-state index in [-0.39, 0.29) is 0 Å². The van der Waals surface area contributed by atoms with Gasteiger partial charge in [-0.25, -0.2) is 4.39 Å². The maximum absolute atomic E-state index is 14.0. The first-order valence-corrected chi connectivity index (χ1v) is 13.3. The van der Waals surface area contributed by atoms with Crippen molar-refractivity contribution in [3.05, 3.63) is 59.4 Å². The molecule has 4 atom stereocenters. The van der Waals surface area contributed by atoms with Crippen molar-refractivity contribution >= 4 is 0 Å². The van der Waals surface area contributed by atoms with Crippen LogP contribution in [0.4, 0.5) is 17.6 Å². The smallest absolute Gasteiger partial charge is 0.206 e. The van der Waals surface area contributed by atoms with Crippen LogP contribution in [-0.2, 0) is 6.18 Å². The molecule has 0 radical (unpaired) electrons. The van der Waals surface area contributed by atoms with E-state index in [1.54, 1.807) is 0 Å². The number of benzene rings is 2. The van der Waals surface area contributed by atoms with E-state index in [0.29, 0.717) is 11.5 Å². The Balaban J connectivity index is 1.31. The Kier molecular flexibility index (Phi) is 8.37. The maximum Gasteiger partial charge on any atom is 0.419 e. The van der Waals surface area contributed by atoms with Crippen molar-refractivity contribution in [3.8, 4) is 11.1 Å². The number of rotatable bonds is 8. The van der Waals surface area contributed by atoms with Gasteiger partial charge in [-0.3, -0.25) is 0 Å². The van der Waals surface area contributed by atoms with Gasteiger partial charge in [-0.15, -0.1) is 0 Å². The minimum Gasteiger partial charge on any atom is -0.206 e. The lowest BCUT2D eigenvalue weighted by Gasteiger charge is -2.42. The summed E-state index contributed by atoms with van der Waals surface area (Å²) < 4.78 is 52.5. The second-order valence-electron chi connectivity index (χ2n) is 10.7. The summed E-state index contributed by atoms with van der Waals surface area (Å²) >= 11 is 0. The molecule has 0 amide bonds. The first-order valence-electron chi connectivity index (χ1n) is 13.3. The average Bonchev–Trinajstić information content (AvgIpc) is 2.83. The molecule has 2 aromatic carbocycles. The summed E-state index contributed by atoms with van der Waals surface area (Å²) in [6, 6.07) is 11.2. The van der Waals surface area contributed by atoms with Crippen LogP contribution in [-0.4, -0.2) is 0 Å². The van der Waals surface area contributed by atoms with Crippen molar-refractivity contribution in [1.29, 1.82) is 0 Å². The third-order valence-corrected chi connectivity index (χ3v) is 8.43. The van der Waals surface area contributed by atoms with Gasteiger partial charge in [0.2, 0.25) is 0 Å². The lowest BCUT2D eigenvalue weighted by Crippen LogP contribution is -2.30. The van der Waals surface area contributed by atoms with E-state index < -0.39 is 17.6 Å². The van der Waals surface area contributed by atoms with Gasteiger partial charge in [0.25, 0.3) is 0 Å². The molecule has 0 aromatic heterocycles. The van der Waals surface area contributed by atoms with Gasteiger partial charge in [-0.1, -0.05) is 82.2 Å². The Morgan fingerprint density at radius 3 is 2.15 bits per heavy atom. The Hall–Kier alpha value is -1.84. The SMILES string of the molecule is CCCCCCCC1CC[C@@H]2C[C@H](c3ccc(-c4ccc(C(F)(F)F)c(F)c4)cc3)CC[C@@H]2C1. The topological polar surface area (TPSA) is 0 Å². The molecule has 0 nitrogen and oxygen atoms in total. The fraction of sp³-hybridized carbons (Fsp3) is 0.600. The van der Waals surface area contributed by atoms with E-state index in [1.165, 1.54) is 88.7 Å². The van der Waals surface area contributed by atoms with Crippen LogP contribution < -0.4 is 0 Å². The molecule has 34 heavy (non-hydrogen) atoms. The molecule has 0 spiro atoms. The Morgan fingerprint density at radius 1 is 0.765 bits per heavy atom. The van der Waals surface area contributed by atoms with Gasteiger partial charge < -0.3 is 0 Å². The van der Waals surface area contributed by atoms with Crippen LogP contribution >= 0.6 is 0 Å². The lowest BCUT2D eigenvalue weighted by atomic mass is 9.63. The molecule has 1 unspecified atom stereocenters. The third-order valence-electron chi connectivity index (χ3n) is 8.43. The van der Waals surface area contributed by atoms with Gasteiger partial charge in [0.05, 0.1) is 5.56 Å². The van der Waals surface area contributed by atoms with Crippen molar-refractivity contribution in [3.63, 3.8) is 0 Å². The Bertz CT molecular complexity index is 914. The lowest BCUT2D eigenvalue weighted by molar-refractivity contribution is -0.139. The predicted octanol–water partition coefficient (Wildman–Crippen LogP) is 10.2. The number of fused-ring (bicyclic) bond motifs is 1. The molecule has 0 N–H and O–H groups in total. The molecule has 4 rings (SSSR count). The number of halogens is 4. The summed E-state index contributed by atoms with van der Waals surface area (Å²) in [6.07, 6.45) is 11.6. The first-order chi connectivity index (χ1) is 16.3. The first kappa shape index (κ1) is 25.3. The van der Waals surface area contributed by atoms with Gasteiger partial charge in [0.15, 0.2) is 0 Å². The molecule has 0 aliphatic heterocycles. The van der Waals surface area contributed by atoms with E-state index in [1.807, 2.05) is 12.1 Å². The van der Waals surface area contributed by atoms with E-state index in [4.69, 9.17) is 0 Å². The molecule has 2 aliphatic rings. The van der Waals surface area contributed by atoms with Crippen molar-refractivity contribution in [2.75, 3.05) is 0 Å². The van der Waals surface area contributed by atoms with E-state index in [2.05, 4.69) is 19.1 Å². The fourth-order valence-corrected chi connectivity index (χ4v) is 6.46. The zero-order valence-electron chi connectivity index (χ0n) is 20.3. The monoisotopic (exact) mass is 474 g/mol. The largest absolute Gasteiger partial charge is 0.419 e. The Morgan fingerprint density at radius 2 is 1.44 bits per heavy atom. The molecule has 186 valence electrons. The number of hydrogen-bond acceptors (Lipinski definition) is 0. The summed E-state index contributed by atoms with van der Waals surface area (Å²) in [7, 11) is 0. The van der Waals surface area contributed by atoms with Crippen molar-refractivity contribution in [2.45, 2.75) is 96.1 Å². The van der Waals surface area contributed by atoms with Crippen molar-refractivity contribution in [1.82, 2.24) is 0 Å².